The summed E-state index contributed by atoms with van der Waals surface area (Å²) in [5, 5.41) is 9.91. The van der Waals surface area contributed by atoms with Crippen molar-refractivity contribution in [2.75, 3.05) is 16.4 Å². The van der Waals surface area contributed by atoms with Gasteiger partial charge in [0.2, 0.25) is 11.8 Å². The molecule has 134 valence electrons. The molecule has 2 N–H and O–H groups in total. The Balaban J connectivity index is 1.42. The maximum absolute atomic E-state index is 12.2. The first-order chi connectivity index (χ1) is 13.2. The van der Waals surface area contributed by atoms with E-state index in [0.717, 1.165) is 21.8 Å². The first-order valence-electron chi connectivity index (χ1n) is 8.33. The summed E-state index contributed by atoms with van der Waals surface area (Å²) >= 11 is 1.48. The zero-order chi connectivity index (χ0) is 18.6. The van der Waals surface area contributed by atoms with Crippen molar-refractivity contribution < 1.29 is 9.59 Å². The van der Waals surface area contributed by atoms with Crippen molar-refractivity contribution in [1.29, 1.82) is 0 Å². The van der Waals surface area contributed by atoms with Gasteiger partial charge in [-0.3, -0.25) is 9.59 Å². The van der Waals surface area contributed by atoms with E-state index in [2.05, 4.69) is 15.7 Å². The van der Waals surface area contributed by atoms with Crippen molar-refractivity contribution >= 4 is 41.0 Å². The van der Waals surface area contributed by atoms with Gasteiger partial charge in [-0.05, 0) is 36.4 Å². The van der Waals surface area contributed by atoms with Crippen molar-refractivity contribution in [3.8, 4) is 5.69 Å². The highest BCUT2D eigenvalue weighted by Gasteiger charge is 2.15. The van der Waals surface area contributed by atoms with Crippen LogP contribution in [0, 0.1) is 0 Å². The number of benzene rings is 2. The van der Waals surface area contributed by atoms with E-state index < -0.39 is 0 Å². The van der Waals surface area contributed by atoms with E-state index in [1.54, 1.807) is 23.0 Å². The highest BCUT2D eigenvalue weighted by atomic mass is 32.2. The molecule has 0 atom stereocenters. The number of carbonyl (C=O) groups is 2. The lowest BCUT2D eigenvalue weighted by Crippen LogP contribution is -2.19. The molecule has 1 aliphatic heterocycles. The number of hydrogen-bond acceptors (Lipinski definition) is 4. The number of amides is 2. The van der Waals surface area contributed by atoms with Gasteiger partial charge in [-0.25, -0.2) is 4.68 Å². The Labute approximate surface area is 160 Å². The van der Waals surface area contributed by atoms with E-state index in [4.69, 9.17) is 0 Å². The van der Waals surface area contributed by atoms with Gasteiger partial charge in [0.1, 0.15) is 0 Å². The first-order valence-corrected chi connectivity index (χ1v) is 9.32. The first kappa shape index (κ1) is 17.1. The fourth-order valence-electron chi connectivity index (χ4n) is 2.66. The molecule has 3 aromatic rings. The van der Waals surface area contributed by atoms with Crippen LogP contribution >= 0.6 is 11.8 Å². The molecule has 1 aromatic heterocycles. The minimum atomic E-state index is -0.253. The molecule has 0 fully saturated rings. The lowest BCUT2D eigenvalue weighted by molar-refractivity contribution is -0.114. The van der Waals surface area contributed by atoms with Gasteiger partial charge in [0, 0.05) is 28.4 Å². The summed E-state index contributed by atoms with van der Waals surface area (Å²) in [6.07, 6.45) is 6.71. The summed E-state index contributed by atoms with van der Waals surface area (Å²) in [6.45, 7) is 0. The molecule has 27 heavy (non-hydrogen) atoms. The molecule has 0 saturated carbocycles. The van der Waals surface area contributed by atoms with Crippen LogP contribution in [-0.4, -0.2) is 27.3 Å². The molecule has 0 spiro atoms. The number of fused-ring (bicyclic) bond motifs is 1. The summed E-state index contributed by atoms with van der Waals surface area (Å²) in [5.41, 5.74) is 3.13. The minimum absolute atomic E-state index is 0.0358. The summed E-state index contributed by atoms with van der Waals surface area (Å²) in [7, 11) is 0. The number of rotatable bonds is 4. The second-order valence-corrected chi connectivity index (χ2v) is 6.94. The van der Waals surface area contributed by atoms with Crippen LogP contribution in [0.15, 0.2) is 71.9 Å². The van der Waals surface area contributed by atoms with Crippen molar-refractivity contribution in [3.63, 3.8) is 0 Å². The molecule has 0 aliphatic carbocycles. The fourth-order valence-corrected chi connectivity index (χ4v) is 3.45. The summed E-state index contributed by atoms with van der Waals surface area (Å²) in [6, 6.07) is 15.2. The Morgan fingerprint density at radius 3 is 2.93 bits per heavy atom. The highest BCUT2D eigenvalue weighted by Crippen LogP contribution is 2.33. The Kier molecular flexibility index (Phi) is 4.76. The Bertz CT molecular complexity index is 1030. The van der Waals surface area contributed by atoms with E-state index in [1.807, 2.05) is 48.7 Å². The van der Waals surface area contributed by atoms with E-state index in [0.29, 0.717) is 11.4 Å². The van der Waals surface area contributed by atoms with Crippen LogP contribution < -0.4 is 10.6 Å². The van der Waals surface area contributed by atoms with Crippen molar-refractivity contribution in [2.24, 2.45) is 0 Å². The molecule has 2 amide bonds. The standard InChI is InChI=1S/C20H16N4O2S/c25-19(22-15-7-8-18-17(10-15)23-20(26)13-27-18)9-6-14-11-21-24(12-14)16-4-2-1-3-5-16/h1-12H,13H2,(H,22,25)(H,23,26)/b9-6+. The Morgan fingerprint density at radius 2 is 2.07 bits per heavy atom. The van der Waals surface area contributed by atoms with Crippen LogP contribution in [0.1, 0.15) is 5.56 Å². The van der Waals surface area contributed by atoms with Crippen LogP contribution in [0.4, 0.5) is 11.4 Å². The van der Waals surface area contributed by atoms with Crippen molar-refractivity contribution in [2.45, 2.75) is 4.90 Å². The highest BCUT2D eigenvalue weighted by molar-refractivity contribution is 8.00. The lowest BCUT2D eigenvalue weighted by atomic mass is 10.2. The molecule has 6 nitrogen and oxygen atoms in total. The van der Waals surface area contributed by atoms with E-state index in [1.165, 1.54) is 17.8 Å². The SMILES string of the molecule is O=C(/C=C/c1cnn(-c2ccccc2)c1)Nc1ccc2c(c1)NC(=O)CS2. The molecule has 0 unspecified atom stereocenters. The zero-order valence-corrected chi connectivity index (χ0v) is 15.1. The molecule has 2 heterocycles. The molecule has 0 bridgehead atoms. The number of hydrogen-bond donors (Lipinski definition) is 2. The van der Waals surface area contributed by atoms with Crippen molar-refractivity contribution in [3.05, 3.63) is 72.6 Å². The second-order valence-electron chi connectivity index (χ2n) is 5.92. The van der Waals surface area contributed by atoms with Crippen LogP contribution in [0.5, 0.6) is 0 Å². The van der Waals surface area contributed by atoms with Crippen molar-refractivity contribution in [1.82, 2.24) is 9.78 Å². The van der Waals surface area contributed by atoms with Gasteiger partial charge >= 0.3 is 0 Å². The fraction of sp³-hybridized carbons (Fsp3) is 0.0500. The maximum atomic E-state index is 12.2. The predicted octanol–water partition coefficient (Wildman–Crippen LogP) is 3.57. The zero-order valence-electron chi connectivity index (χ0n) is 14.3. The molecule has 0 saturated heterocycles. The minimum Gasteiger partial charge on any atom is -0.324 e. The van der Waals surface area contributed by atoms with Gasteiger partial charge in [0.25, 0.3) is 0 Å². The predicted molar refractivity (Wildman–Crippen MR) is 107 cm³/mol. The average molecular weight is 376 g/mol. The largest absolute Gasteiger partial charge is 0.324 e. The van der Waals surface area contributed by atoms with E-state index >= 15 is 0 Å². The summed E-state index contributed by atoms with van der Waals surface area (Å²) < 4.78 is 1.75. The Morgan fingerprint density at radius 1 is 1.22 bits per heavy atom. The van der Waals surface area contributed by atoms with Crippen LogP contribution in [0.2, 0.25) is 0 Å². The number of nitrogens with one attached hydrogen (secondary N) is 2. The number of thioether (sulfide) groups is 1. The number of nitrogens with zero attached hydrogens (tertiary/aromatic N) is 2. The number of anilines is 2. The molecule has 2 aromatic carbocycles. The topological polar surface area (TPSA) is 76.0 Å². The molecule has 0 radical (unpaired) electrons. The van der Waals surface area contributed by atoms with Crippen LogP contribution in [0.25, 0.3) is 11.8 Å². The Hall–Kier alpha value is -3.32. The maximum Gasteiger partial charge on any atom is 0.248 e. The van der Waals surface area contributed by atoms with Gasteiger partial charge < -0.3 is 10.6 Å². The lowest BCUT2D eigenvalue weighted by Gasteiger charge is -2.17. The molecular formula is C20H16N4O2S. The molecule has 1 aliphatic rings. The smallest absolute Gasteiger partial charge is 0.248 e. The summed E-state index contributed by atoms with van der Waals surface area (Å²) in [4.78, 5) is 24.7. The van der Waals surface area contributed by atoms with Crippen LogP contribution in [-0.2, 0) is 9.59 Å². The normalized spacial score (nSPS) is 13.3. The van der Waals surface area contributed by atoms with Gasteiger partial charge in [0.05, 0.1) is 23.3 Å². The van der Waals surface area contributed by atoms with Gasteiger partial charge in [-0.15, -0.1) is 11.8 Å². The van der Waals surface area contributed by atoms with E-state index in [9.17, 15) is 9.59 Å². The third kappa shape index (κ3) is 4.09. The van der Waals surface area contributed by atoms with E-state index in [-0.39, 0.29) is 11.8 Å². The second kappa shape index (κ2) is 7.51. The van der Waals surface area contributed by atoms with Crippen LogP contribution in [0.3, 0.4) is 0 Å². The van der Waals surface area contributed by atoms with Gasteiger partial charge in [-0.2, -0.15) is 5.10 Å². The average Bonchev–Trinajstić information content (AvgIpc) is 3.16. The molecular weight excluding hydrogens is 360 g/mol. The number of aromatic nitrogens is 2. The third-order valence-corrected chi connectivity index (χ3v) is 5.00. The number of para-hydroxylation sites is 1. The third-order valence-electron chi connectivity index (χ3n) is 3.93. The molecule has 7 heteroatoms. The number of carbonyl (C=O) groups excluding carboxylic acids is 2. The quantitative estimate of drug-likeness (QED) is 0.683. The van der Waals surface area contributed by atoms with Gasteiger partial charge in [0.15, 0.2) is 0 Å². The molecule has 4 rings (SSSR count). The monoisotopic (exact) mass is 376 g/mol. The van der Waals surface area contributed by atoms with Gasteiger partial charge in [-0.1, -0.05) is 18.2 Å². The summed E-state index contributed by atoms with van der Waals surface area (Å²) in [5.74, 6) is 0.126.